The van der Waals surface area contributed by atoms with Gasteiger partial charge in [-0.3, -0.25) is 4.62 Å². The first kappa shape index (κ1) is 7.99. The molecule has 0 aliphatic heterocycles. The molecule has 0 atom stereocenters. The SMILES string of the molecule is O=C=NOP(=O)(Cl)Cl. The van der Waals surface area contributed by atoms with Crippen molar-refractivity contribution in [3.05, 3.63) is 0 Å². The van der Waals surface area contributed by atoms with Gasteiger partial charge in [0, 0.05) is 27.6 Å². The zero-order valence-electron chi connectivity index (χ0n) is 3.38. The topological polar surface area (TPSA) is 55.7 Å². The van der Waals surface area contributed by atoms with Crippen LogP contribution in [-0.4, -0.2) is 6.08 Å². The number of carbonyl (C=O) groups excluding carboxylic acids is 1. The molecule has 0 aromatic carbocycles. The maximum absolute atomic E-state index is 10.0. The summed E-state index contributed by atoms with van der Waals surface area (Å²) in [5, 5.41) is 2.41. The van der Waals surface area contributed by atoms with E-state index in [2.05, 4.69) is 9.78 Å². The van der Waals surface area contributed by atoms with Crippen LogP contribution < -0.4 is 0 Å². The first-order valence-corrected chi connectivity index (χ1v) is 4.75. The number of hydrogen-bond acceptors (Lipinski definition) is 4. The summed E-state index contributed by atoms with van der Waals surface area (Å²) in [5.74, 6) is 0. The van der Waals surface area contributed by atoms with E-state index >= 15 is 0 Å². The highest BCUT2D eigenvalue weighted by atomic mass is 35.9. The van der Waals surface area contributed by atoms with E-state index in [1.807, 2.05) is 0 Å². The number of halogens is 2. The van der Waals surface area contributed by atoms with E-state index < -0.39 is 6.07 Å². The van der Waals surface area contributed by atoms with Crippen LogP contribution in [0.3, 0.4) is 0 Å². The van der Waals surface area contributed by atoms with Crippen molar-refractivity contribution < 1.29 is 14.0 Å². The van der Waals surface area contributed by atoms with Gasteiger partial charge in [-0.25, -0.2) is 9.36 Å². The largest absolute Gasteiger partial charge is 0.448 e. The highest BCUT2D eigenvalue weighted by molar-refractivity contribution is 8.05. The number of hydrogen-bond donors (Lipinski definition) is 0. The lowest BCUT2D eigenvalue weighted by atomic mass is 11.7. The third-order valence-corrected chi connectivity index (χ3v) is 0.815. The summed E-state index contributed by atoms with van der Waals surface area (Å²) in [6.45, 7) is 0. The lowest BCUT2D eigenvalue weighted by molar-refractivity contribution is 0.352. The zero-order chi connectivity index (χ0) is 6.62. The van der Waals surface area contributed by atoms with Gasteiger partial charge in [0.15, 0.2) is 0 Å². The number of rotatable bonds is 2. The lowest BCUT2D eigenvalue weighted by Gasteiger charge is -1.90. The van der Waals surface area contributed by atoms with Crippen molar-refractivity contribution >= 4 is 34.6 Å². The number of nitrogens with zero attached hydrogens (tertiary/aromatic N) is 1. The summed E-state index contributed by atoms with van der Waals surface area (Å²) in [5.41, 5.74) is 0. The summed E-state index contributed by atoms with van der Waals surface area (Å²) in [7, 11) is 0. The monoisotopic (exact) mass is 175 g/mol. The normalized spacial score (nSPS) is 9.75. The quantitative estimate of drug-likeness (QED) is 0.279. The van der Waals surface area contributed by atoms with Crippen molar-refractivity contribution in [2.45, 2.75) is 0 Å². The summed E-state index contributed by atoms with van der Waals surface area (Å²) >= 11 is 9.48. The molecule has 46 valence electrons. The van der Waals surface area contributed by atoms with Crippen molar-refractivity contribution in [2.75, 3.05) is 0 Å². The molecule has 0 aliphatic carbocycles. The fourth-order valence-electron chi connectivity index (χ4n) is 0.0642. The predicted octanol–water partition coefficient (Wildman–Crippen LogP) is 1.84. The van der Waals surface area contributed by atoms with E-state index in [9.17, 15) is 9.36 Å². The summed E-state index contributed by atoms with van der Waals surface area (Å²) < 4.78 is 13.7. The predicted molar refractivity (Wildman–Crippen MR) is 28.5 cm³/mol. The summed E-state index contributed by atoms with van der Waals surface area (Å²) in [6.07, 6.45) is -2.73. The van der Waals surface area contributed by atoms with Crippen LogP contribution in [0.5, 0.6) is 0 Å². The molecule has 0 aromatic heterocycles. The van der Waals surface area contributed by atoms with Gasteiger partial charge in [-0.2, -0.15) is 0 Å². The van der Waals surface area contributed by atoms with Crippen LogP contribution in [0.15, 0.2) is 5.16 Å². The maximum Gasteiger partial charge on any atom is 0.448 e. The first-order valence-electron chi connectivity index (χ1n) is 1.31. The van der Waals surface area contributed by atoms with Crippen LogP contribution in [0, 0.1) is 0 Å². The van der Waals surface area contributed by atoms with E-state index in [0.29, 0.717) is 0 Å². The van der Waals surface area contributed by atoms with Gasteiger partial charge in [-0.05, 0) is 0 Å². The van der Waals surface area contributed by atoms with Crippen LogP contribution in [0.4, 0.5) is 0 Å². The average molecular weight is 176 g/mol. The first-order chi connectivity index (χ1) is 3.56. The molecular formula is CCl2NO3P. The second-order valence-corrected chi connectivity index (χ2v) is 4.86. The molecule has 0 amide bonds. The highest BCUT2D eigenvalue weighted by Gasteiger charge is 2.13. The minimum atomic E-state index is -3.67. The molecule has 7 heteroatoms. The van der Waals surface area contributed by atoms with Crippen molar-refractivity contribution in [2.24, 2.45) is 5.16 Å². The highest BCUT2D eigenvalue weighted by Crippen LogP contribution is 2.57. The van der Waals surface area contributed by atoms with Crippen LogP contribution in [0.25, 0.3) is 0 Å². The van der Waals surface area contributed by atoms with E-state index in [4.69, 9.17) is 22.5 Å². The van der Waals surface area contributed by atoms with E-state index in [1.54, 1.807) is 0 Å². The van der Waals surface area contributed by atoms with Crippen LogP contribution >= 0.6 is 28.6 Å². The second-order valence-electron chi connectivity index (χ2n) is 0.679. The van der Waals surface area contributed by atoms with Gasteiger partial charge in [0.2, 0.25) is 0 Å². The Kier molecular flexibility index (Phi) is 3.10. The molecular weight excluding hydrogens is 176 g/mol. The number of isocyanates is 1. The maximum atomic E-state index is 10.0. The summed E-state index contributed by atoms with van der Waals surface area (Å²) in [6, 6.07) is 0. The van der Waals surface area contributed by atoms with E-state index in [0.717, 1.165) is 6.08 Å². The van der Waals surface area contributed by atoms with Crippen molar-refractivity contribution in [1.29, 1.82) is 0 Å². The van der Waals surface area contributed by atoms with Crippen LogP contribution in [0.2, 0.25) is 0 Å². The van der Waals surface area contributed by atoms with Gasteiger partial charge in [0.05, 0.1) is 0 Å². The van der Waals surface area contributed by atoms with Gasteiger partial charge in [0.25, 0.3) is 6.08 Å². The van der Waals surface area contributed by atoms with Gasteiger partial charge in [-0.1, -0.05) is 0 Å². The fourth-order valence-corrected chi connectivity index (χ4v) is 0.378. The molecule has 0 saturated heterocycles. The van der Waals surface area contributed by atoms with E-state index in [-0.39, 0.29) is 0 Å². The Balaban J connectivity index is 3.74. The summed E-state index contributed by atoms with van der Waals surface area (Å²) in [4.78, 5) is 9.20. The molecule has 0 aliphatic rings. The Morgan fingerprint density at radius 1 is 1.62 bits per heavy atom. The second kappa shape index (κ2) is 3.10. The smallest absolute Gasteiger partial charge is 0.299 e. The minimum absolute atomic E-state index is 0.936. The molecule has 0 spiro atoms. The lowest BCUT2D eigenvalue weighted by Crippen LogP contribution is -1.62. The van der Waals surface area contributed by atoms with Crippen molar-refractivity contribution in [1.82, 2.24) is 0 Å². The molecule has 0 N–H and O–H groups in total. The molecule has 0 saturated carbocycles. The van der Waals surface area contributed by atoms with E-state index in [1.165, 1.54) is 0 Å². The zero-order valence-corrected chi connectivity index (χ0v) is 5.78. The average Bonchev–Trinajstić information content (AvgIpc) is 1.59. The van der Waals surface area contributed by atoms with Crippen molar-refractivity contribution in [3.63, 3.8) is 0 Å². The van der Waals surface area contributed by atoms with Gasteiger partial charge in [0.1, 0.15) is 0 Å². The molecule has 0 rings (SSSR count). The Morgan fingerprint density at radius 3 is 2.25 bits per heavy atom. The Morgan fingerprint density at radius 2 is 2.12 bits per heavy atom. The minimum Gasteiger partial charge on any atom is -0.299 e. The molecule has 0 unspecified atom stereocenters. The molecule has 8 heavy (non-hydrogen) atoms. The Bertz CT molecular complexity index is 157. The Labute approximate surface area is 54.4 Å². The molecule has 0 aromatic rings. The van der Waals surface area contributed by atoms with Gasteiger partial charge in [-0.15, -0.1) is 0 Å². The molecule has 0 bridgehead atoms. The standard InChI is InChI=1S/CCl2NO3P/c2-8(3,6)7-4-1-5. The molecule has 0 heterocycles. The fraction of sp³-hybridized carbons (Fsp3) is 0. The van der Waals surface area contributed by atoms with Gasteiger partial charge >= 0.3 is 6.07 Å². The molecule has 0 fully saturated rings. The van der Waals surface area contributed by atoms with Crippen LogP contribution in [-0.2, 0) is 14.0 Å². The third kappa shape index (κ3) is 5.99. The van der Waals surface area contributed by atoms with Gasteiger partial charge < -0.3 is 0 Å². The molecule has 0 radical (unpaired) electrons. The molecule has 4 nitrogen and oxygen atoms in total. The Hall–Kier alpha value is -0.0100. The van der Waals surface area contributed by atoms with Crippen molar-refractivity contribution in [3.8, 4) is 0 Å². The third-order valence-electron chi connectivity index (χ3n) is 0.173. The van der Waals surface area contributed by atoms with Crippen LogP contribution in [0.1, 0.15) is 0 Å².